The molecule has 0 fully saturated rings. The minimum Gasteiger partial charge on any atom is -0.507 e. The first-order valence-electron chi connectivity index (χ1n) is 8.74. The number of carbonyl (C=O) groups is 1. The molecule has 0 amide bonds. The second kappa shape index (κ2) is 8.16. The van der Waals surface area contributed by atoms with E-state index in [0.29, 0.717) is 10.9 Å². The summed E-state index contributed by atoms with van der Waals surface area (Å²) in [5, 5.41) is 19.5. The molecular formula is C19H14N4O6S2. The number of esters is 1. The molecule has 0 saturated heterocycles. The van der Waals surface area contributed by atoms with Crippen molar-refractivity contribution in [1.29, 1.82) is 0 Å². The van der Waals surface area contributed by atoms with Gasteiger partial charge in [-0.2, -0.15) is 4.68 Å². The van der Waals surface area contributed by atoms with E-state index in [1.807, 2.05) is 0 Å². The van der Waals surface area contributed by atoms with Crippen molar-refractivity contribution in [3.63, 3.8) is 0 Å². The molecule has 0 atom stereocenters. The fourth-order valence-electron chi connectivity index (χ4n) is 2.69. The van der Waals surface area contributed by atoms with Crippen LogP contribution in [0.2, 0.25) is 0 Å². The zero-order chi connectivity index (χ0) is 22.0. The van der Waals surface area contributed by atoms with E-state index in [4.69, 9.17) is 4.74 Å². The summed E-state index contributed by atoms with van der Waals surface area (Å²) in [6.07, 6.45) is 0. The molecule has 2 N–H and O–H groups in total. The smallest absolute Gasteiger partial charge is 0.343 e. The predicted octanol–water partition coefficient (Wildman–Crippen LogP) is 2.17. The van der Waals surface area contributed by atoms with Crippen LogP contribution in [0.25, 0.3) is 10.9 Å². The van der Waals surface area contributed by atoms with Gasteiger partial charge in [-0.25, -0.2) is 13.2 Å². The van der Waals surface area contributed by atoms with Crippen molar-refractivity contribution in [2.24, 2.45) is 0 Å². The Morgan fingerprint density at radius 3 is 2.74 bits per heavy atom. The van der Waals surface area contributed by atoms with Crippen LogP contribution in [0.15, 0.2) is 69.0 Å². The van der Waals surface area contributed by atoms with Gasteiger partial charge < -0.3 is 9.84 Å². The fourth-order valence-corrected chi connectivity index (χ4v) is 4.73. The second-order valence-electron chi connectivity index (χ2n) is 6.24. The largest absolute Gasteiger partial charge is 0.507 e. The number of phenolic OH excluding ortho intramolecular Hbond substituents is 1. The lowest BCUT2D eigenvalue weighted by molar-refractivity contribution is 0.0333. The van der Waals surface area contributed by atoms with Gasteiger partial charge in [0.2, 0.25) is 0 Å². The van der Waals surface area contributed by atoms with E-state index >= 15 is 0 Å². The Balaban J connectivity index is 1.53. The van der Waals surface area contributed by atoms with E-state index in [1.165, 1.54) is 12.1 Å². The van der Waals surface area contributed by atoms with Gasteiger partial charge in [-0.3, -0.25) is 9.52 Å². The average molecular weight is 458 g/mol. The highest BCUT2D eigenvalue weighted by molar-refractivity contribution is 7.94. The SMILES string of the molecule is O=C(OCn1nnc2ccccc2c1=O)c1cc(NS(=O)(=O)c2cccs2)ccc1O. The molecule has 0 unspecified atom stereocenters. The topological polar surface area (TPSA) is 140 Å². The van der Waals surface area contributed by atoms with E-state index in [9.17, 15) is 23.1 Å². The number of benzene rings is 2. The van der Waals surface area contributed by atoms with Crippen LogP contribution in [0.5, 0.6) is 5.75 Å². The molecule has 2 heterocycles. The first kappa shape index (κ1) is 20.5. The third-order valence-electron chi connectivity index (χ3n) is 4.18. The summed E-state index contributed by atoms with van der Waals surface area (Å²) in [6.45, 7) is -0.542. The Morgan fingerprint density at radius 2 is 1.97 bits per heavy atom. The van der Waals surface area contributed by atoms with Crippen molar-refractivity contribution in [1.82, 2.24) is 15.0 Å². The van der Waals surface area contributed by atoms with Crippen LogP contribution in [0, 0.1) is 0 Å². The maximum atomic E-state index is 12.4. The number of phenols is 1. The van der Waals surface area contributed by atoms with E-state index in [-0.39, 0.29) is 15.5 Å². The van der Waals surface area contributed by atoms with Crippen molar-refractivity contribution in [3.05, 3.63) is 75.9 Å². The fraction of sp³-hybridized carbons (Fsp3) is 0.0526. The maximum absolute atomic E-state index is 12.4. The van der Waals surface area contributed by atoms with Gasteiger partial charge in [-0.1, -0.05) is 23.4 Å². The first-order valence-corrected chi connectivity index (χ1v) is 11.1. The number of nitrogens with zero attached hydrogens (tertiary/aromatic N) is 3. The van der Waals surface area contributed by atoms with Crippen LogP contribution in [0.1, 0.15) is 10.4 Å². The van der Waals surface area contributed by atoms with E-state index in [2.05, 4.69) is 15.0 Å². The molecule has 0 radical (unpaired) electrons. The molecule has 0 spiro atoms. The molecule has 10 nitrogen and oxygen atoms in total. The number of sulfonamides is 1. The molecular weight excluding hydrogens is 444 g/mol. The number of nitrogens with one attached hydrogen (secondary N) is 1. The molecule has 12 heteroatoms. The van der Waals surface area contributed by atoms with Crippen molar-refractivity contribution < 1.29 is 23.1 Å². The minimum atomic E-state index is -3.84. The van der Waals surface area contributed by atoms with Gasteiger partial charge in [0.15, 0.2) is 6.73 Å². The highest BCUT2D eigenvalue weighted by atomic mass is 32.2. The number of hydrogen-bond acceptors (Lipinski definition) is 9. The number of ether oxygens (including phenoxy) is 1. The molecule has 2 aromatic heterocycles. The van der Waals surface area contributed by atoms with Gasteiger partial charge in [0, 0.05) is 5.69 Å². The summed E-state index contributed by atoms with van der Waals surface area (Å²) < 4.78 is 33.1. The molecule has 4 aromatic rings. The van der Waals surface area contributed by atoms with E-state index in [1.54, 1.807) is 35.7 Å². The molecule has 0 aliphatic carbocycles. The highest BCUT2D eigenvalue weighted by Gasteiger charge is 2.19. The number of fused-ring (bicyclic) bond motifs is 1. The number of carbonyl (C=O) groups excluding carboxylic acids is 1. The summed E-state index contributed by atoms with van der Waals surface area (Å²) >= 11 is 1.03. The summed E-state index contributed by atoms with van der Waals surface area (Å²) in [7, 11) is -3.84. The molecule has 158 valence electrons. The Morgan fingerprint density at radius 1 is 1.16 bits per heavy atom. The van der Waals surface area contributed by atoms with Gasteiger partial charge in [-0.15, -0.1) is 16.4 Å². The number of hydrogen-bond donors (Lipinski definition) is 2. The van der Waals surface area contributed by atoms with Crippen LogP contribution in [0.3, 0.4) is 0 Å². The zero-order valence-electron chi connectivity index (χ0n) is 15.6. The summed E-state index contributed by atoms with van der Waals surface area (Å²) in [4.78, 5) is 24.9. The van der Waals surface area contributed by atoms with Gasteiger partial charge >= 0.3 is 5.97 Å². The Kier molecular flexibility index (Phi) is 5.40. The van der Waals surface area contributed by atoms with Crippen molar-refractivity contribution in [2.45, 2.75) is 10.9 Å². The average Bonchev–Trinajstić information content (AvgIpc) is 3.30. The number of rotatable bonds is 6. The lowest BCUT2D eigenvalue weighted by Gasteiger charge is -2.10. The minimum absolute atomic E-state index is 0.0563. The molecule has 31 heavy (non-hydrogen) atoms. The van der Waals surface area contributed by atoms with Crippen molar-refractivity contribution in [3.8, 4) is 5.75 Å². The third kappa shape index (κ3) is 4.25. The summed E-state index contributed by atoms with van der Waals surface area (Å²) in [5.41, 5.74) is -0.326. The van der Waals surface area contributed by atoms with Crippen molar-refractivity contribution in [2.75, 3.05) is 4.72 Å². The molecule has 4 rings (SSSR count). The van der Waals surface area contributed by atoms with Crippen LogP contribution in [-0.4, -0.2) is 34.5 Å². The van der Waals surface area contributed by atoms with Crippen LogP contribution >= 0.6 is 11.3 Å². The van der Waals surface area contributed by atoms with Crippen LogP contribution in [-0.2, 0) is 21.5 Å². The van der Waals surface area contributed by atoms with E-state index in [0.717, 1.165) is 28.2 Å². The number of thiophene rings is 1. The Hall–Kier alpha value is -3.77. The Bertz CT molecular complexity index is 1430. The number of aromatic hydroxyl groups is 1. The second-order valence-corrected chi connectivity index (χ2v) is 9.10. The molecule has 2 aromatic carbocycles. The third-order valence-corrected chi connectivity index (χ3v) is 6.95. The first-order chi connectivity index (χ1) is 14.8. The molecule has 0 saturated carbocycles. The van der Waals surface area contributed by atoms with Crippen molar-refractivity contribution >= 4 is 43.9 Å². The van der Waals surface area contributed by atoms with Gasteiger partial charge in [0.05, 0.1) is 5.39 Å². The van der Waals surface area contributed by atoms with Crippen LogP contribution < -0.4 is 10.3 Å². The van der Waals surface area contributed by atoms with Gasteiger partial charge in [0.1, 0.15) is 21.0 Å². The quantitative estimate of drug-likeness (QED) is 0.331. The monoisotopic (exact) mass is 458 g/mol. The molecule has 0 aliphatic rings. The maximum Gasteiger partial charge on any atom is 0.343 e. The lowest BCUT2D eigenvalue weighted by Crippen LogP contribution is -2.26. The lowest BCUT2D eigenvalue weighted by atomic mass is 10.2. The zero-order valence-corrected chi connectivity index (χ0v) is 17.3. The highest BCUT2D eigenvalue weighted by Crippen LogP contribution is 2.25. The van der Waals surface area contributed by atoms with Gasteiger partial charge in [-0.05, 0) is 41.8 Å². The van der Waals surface area contributed by atoms with E-state index < -0.39 is 34.0 Å². The van der Waals surface area contributed by atoms with Crippen LogP contribution in [0.4, 0.5) is 5.69 Å². The molecule has 0 aliphatic heterocycles. The number of anilines is 1. The van der Waals surface area contributed by atoms with Gasteiger partial charge in [0.25, 0.3) is 15.6 Å². The summed E-state index contributed by atoms with van der Waals surface area (Å²) in [5.74, 6) is -1.39. The number of aromatic nitrogens is 3. The summed E-state index contributed by atoms with van der Waals surface area (Å²) in [6, 6.07) is 13.2. The normalized spacial score (nSPS) is 11.4. The standard InChI is InChI=1S/C19H14N4O6S2/c24-16-8-7-12(21-31(27,28)17-6-3-9-30-17)10-14(16)19(26)29-11-23-18(25)13-4-1-2-5-15(13)20-22-23/h1-10,21,24H,11H2. The Labute approximate surface area is 179 Å². The molecule has 0 bridgehead atoms. The predicted molar refractivity (Wildman–Crippen MR) is 112 cm³/mol.